The Labute approximate surface area is 111 Å². The summed E-state index contributed by atoms with van der Waals surface area (Å²) in [6.07, 6.45) is 2.64. The van der Waals surface area contributed by atoms with Crippen LogP contribution in [0.3, 0.4) is 0 Å². The monoisotopic (exact) mass is 259 g/mol. The van der Waals surface area contributed by atoms with Crippen LogP contribution in [-0.4, -0.2) is 34.3 Å². The van der Waals surface area contributed by atoms with Gasteiger partial charge in [-0.15, -0.1) is 10.2 Å². The minimum atomic E-state index is 0.680. The third-order valence-corrected chi connectivity index (χ3v) is 3.33. The smallest absolute Gasteiger partial charge is 0.193 e. The van der Waals surface area contributed by atoms with Crippen molar-refractivity contribution in [2.24, 2.45) is 5.92 Å². The van der Waals surface area contributed by atoms with Crippen LogP contribution in [0.15, 0.2) is 24.3 Å². The fourth-order valence-corrected chi connectivity index (χ4v) is 2.09. The maximum absolute atomic E-state index is 5.19. The Balaban J connectivity index is 1.76. The highest BCUT2D eigenvalue weighted by Crippen LogP contribution is 2.32. The lowest BCUT2D eigenvalue weighted by Gasteiger charge is -2.23. The fraction of sp³-hybridized carbons (Fsp3) is 0.462. The second-order valence-corrected chi connectivity index (χ2v) is 4.85. The van der Waals surface area contributed by atoms with Crippen molar-refractivity contribution in [2.75, 3.05) is 18.6 Å². The van der Waals surface area contributed by atoms with E-state index in [4.69, 9.17) is 4.74 Å². The zero-order chi connectivity index (χ0) is 13.1. The van der Waals surface area contributed by atoms with Gasteiger partial charge in [0.25, 0.3) is 0 Å². The maximum atomic E-state index is 5.19. The molecule has 0 aliphatic heterocycles. The summed E-state index contributed by atoms with van der Waals surface area (Å²) in [6, 6.07) is 8.10. The molecule has 0 spiro atoms. The summed E-state index contributed by atoms with van der Waals surface area (Å²) in [4.78, 5) is 2.29. The van der Waals surface area contributed by atoms with Gasteiger partial charge in [0.15, 0.2) is 5.82 Å². The first-order valence-corrected chi connectivity index (χ1v) is 6.46. The van der Waals surface area contributed by atoms with Gasteiger partial charge in [-0.25, -0.2) is 0 Å². The summed E-state index contributed by atoms with van der Waals surface area (Å²) in [6.45, 7) is 1.72. The molecule has 3 rings (SSSR count). The minimum Gasteiger partial charge on any atom is -0.497 e. The highest BCUT2D eigenvalue weighted by molar-refractivity contribution is 5.49. The lowest BCUT2D eigenvalue weighted by Crippen LogP contribution is -2.25. The predicted molar refractivity (Wildman–Crippen MR) is 70.9 cm³/mol. The van der Waals surface area contributed by atoms with Gasteiger partial charge in [-0.3, -0.25) is 0 Å². The first-order valence-electron chi connectivity index (χ1n) is 6.46. The van der Waals surface area contributed by atoms with E-state index in [1.807, 2.05) is 12.1 Å². The van der Waals surface area contributed by atoms with Gasteiger partial charge in [-0.1, -0.05) is 5.21 Å². The van der Waals surface area contributed by atoms with Crippen molar-refractivity contribution in [3.05, 3.63) is 30.1 Å². The molecule has 0 bridgehead atoms. The van der Waals surface area contributed by atoms with Gasteiger partial charge in [-0.05, 0) is 43.0 Å². The summed E-state index contributed by atoms with van der Waals surface area (Å²) in [7, 11) is 1.68. The molecular weight excluding hydrogens is 242 g/mol. The summed E-state index contributed by atoms with van der Waals surface area (Å²) < 4.78 is 5.19. The molecule has 2 aromatic rings. The molecule has 6 nitrogen and oxygen atoms in total. The summed E-state index contributed by atoms with van der Waals surface area (Å²) >= 11 is 0. The Morgan fingerprint density at radius 2 is 2.11 bits per heavy atom. The van der Waals surface area contributed by atoms with Gasteiger partial charge in [-0.2, -0.15) is 5.21 Å². The maximum Gasteiger partial charge on any atom is 0.193 e. The van der Waals surface area contributed by atoms with Crippen LogP contribution >= 0.6 is 0 Å². The second-order valence-electron chi connectivity index (χ2n) is 4.85. The summed E-state index contributed by atoms with van der Waals surface area (Å²) in [5, 5.41) is 14.2. The molecule has 1 aliphatic carbocycles. The van der Waals surface area contributed by atoms with Gasteiger partial charge in [0.1, 0.15) is 5.75 Å². The molecule has 1 aromatic carbocycles. The Morgan fingerprint density at radius 3 is 2.68 bits per heavy atom. The van der Waals surface area contributed by atoms with Crippen molar-refractivity contribution in [2.45, 2.75) is 19.4 Å². The van der Waals surface area contributed by atoms with E-state index < -0.39 is 0 Å². The van der Waals surface area contributed by atoms with Crippen molar-refractivity contribution in [3.63, 3.8) is 0 Å². The van der Waals surface area contributed by atoms with E-state index in [2.05, 4.69) is 37.7 Å². The average molecular weight is 259 g/mol. The Bertz CT molecular complexity index is 506. The number of rotatable bonds is 6. The van der Waals surface area contributed by atoms with Crippen molar-refractivity contribution >= 4 is 5.69 Å². The van der Waals surface area contributed by atoms with Gasteiger partial charge in [0.05, 0.1) is 13.7 Å². The molecule has 1 aromatic heterocycles. The van der Waals surface area contributed by atoms with Crippen LogP contribution in [0.4, 0.5) is 5.69 Å². The van der Waals surface area contributed by atoms with Crippen LogP contribution in [-0.2, 0) is 6.54 Å². The number of tetrazole rings is 1. The van der Waals surface area contributed by atoms with Crippen LogP contribution in [0.25, 0.3) is 0 Å². The highest BCUT2D eigenvalue weighted by atomic mass is 16.5. The first-order chi connectivity index (χ1) is 9.35. The molecule has 1 saturated carbocycles. The Morgan fingerprint density at radius 1 is 1.32 bits per heavy atom. The molecule has 100 valence electrons. The molecular formula is C13H17N5O. The molecule has 0 unspecified atom stereocenters. The molecule has 1 fully saturated rings. The zero-order valence-electron chi connectivity index (χ0n) is 10.9. The molecule has 1 heterocycles. The van der Waals surface area contributed by atoms with Gasteiger partial charge < -0.3 is 9.64 Å². The van der Waals surface area contributed by atoms with E-state index in [0.717, 1.165) is 29.7 Å². The highest BCUT2D eigenvalue weighted by Gasteiger charge is 2.25. The van der Waals surface area contributed by atoms with Gasteiger partial charge in [0, 0.05) is 12.2 Å². The van der Waals surface area contributed by atoms with Crippen LogP contribution in [0.1, 0.15) is 18.7 Å². The minimum absolute atomic E-state index is 0.680. The standard InChI is InChI=1S/C13H17N5O/c1-19-12-6-4-11(5-7-12)18(8-10-2-3-10)9-13-14-16-17-15-13/h4-7,10H,2-3,8-9H2,1H3,(H,14,15,16,17). The molecule has 0 radical (unpaired) electrons. The fourth-order valence-electron chi connectivity index (χ4n) is 2.09. The van der Waals surface area contributed by atoms with Crippen molar-refractivity contribution in [1.82, 2.24) is 20.6 Å². The number of methoxy groups -OCH3 is 1. The number of nitrogens with zero attached hydrogens (tertiary/aromatic N) is 4. The normalized spacial score (nSPS) is 14.4. The van der Waals surface area contributed by atoms with E-state index in [9.17, 15) is 0 Å². The number of aromatic nitrogens is 4. The van der Waals surface area contributed by atoms with Crippen molar-refractivity contribution in [1.29, 1.82) is 0 Å². The first kappa shape index (κ1) is 12.0. The predicted octanol–water partition coefficient (Wildman–Crippen LogP) is 1.62. The molecule has 6 heteroatoms. The number of anilines is 1. The number of aromatic amines is 1. The van der Waals surface area contributed by atoms with Crippen LogP contribution < -0.4 is 9.64 Å². The van der Waals surface area contributed by atoms with Crippen LogP contribution in [0.5, 0.6) is 5.75 Å². The molecule has 1 N–H and O–H groups in total. The summed E-state index contributed by atoms with van der Waals surface area (Å²) in [5.74, 6) is 2.39. The van der Waals surface area contributed by atoms with E-state index in [0.29, 0.717) is 6.54 Å². The topological polar surface area (TPSA) is 66.9 Å². The second kappa shape index (κ2) is 5.26. The Kier molecular flexibility index (Phi) is 3.31. The molecule has 19 heavy (non-hydrogen) atoms. The Hall–Kier alpha value is -2.11. The molecule has 0 amide bonds. The molecule has 1 aliphatic rings. The number of nitrogens with one attached hydrogen (secondary N) is 1. The van der Waals surface area contributed by atoms with Crippen molar-refractivity contribution in [3.8, 4) is 5.75 Å². The van der Waals surface area contributed by atoms with Crippen molar-refractivity contribution < 1.29 is 4.74 Å². The number of hydrogen-bond donors (Lipinski definition) is 1. The van der Waals surface area contributed by atoms with E-state index in [-0.39, 0.29) is 0 Å². The number of benzene rings is 1. The summed E-state index contributed by atoms with van der Waals surface area (Å²) in [5.41, 5.74) is 1.16. The molecule has 0 atom stereocenters. The van der Waals surface area contributed by atoms with E-state index >= 15 is 0 Å². The lowest BCUT2D eigenvalue weighted by molar-refractivity contribution is 0.415. The number of H-pyrrole nitrogens is 1. The van der Waals surface area contributed by atoms with Gasteiger partial charge in [0.2, 0.25) is 0 Å². The number of hydrogen-bond acceptors (Lipinski definition) is 5. The quantitative estimate of drug-likeness (QED) is 0.854. The average Bonchev–Trinajstić information content (AvgIpc) is 3.12. The number of ether oxygens (including phenoxy) is 1. The van der Waals surface area contributed by atoms with E-state index in [1.165, 1.54) is 12.8 Å². The van der Waals surface area contributed by atoms with Gasteiger partial charge >= 0.3 is 0 Å². The lowest BCUT2D eigenvalue weighted by atomic mass is 10.2. The molecule has 0 saturated heterocycles. The third kappa shape index (κ3) is 3.01. The van der Waals surface area contributed by atoms with Crippen LogP contribution in [0, 0.1) is 5.92 Å². The van der Waals surface area contributed by atoms with E-state index in [1.54, 1.807) is 7.11 Å². The van der Waals surface area contributed by atoms with Crippen LogP contribution in [0.2, 0.25) is 0 Å². The zero-order valence-corrected chi connectivity index (χ0v) is 10.9. The SMILES string of the molecule is COc1ccc(N(Cc2nn[nH]n2)CC2CC2)cc1. The largest absolute Gasteiger partial charge is 0.497 e. The third-order valence-electron chi connectivity index (χ3n) is 3.33.